The fourth-order valence-corrected chi connectivity index (χ4v) is 2.85. The van der Waals surface area contributed by atoms with Gasteiger partial charge in [-0.25, -0.2) is 0 Å². The largest absolute Gasteiger partial charge is 0.396 e. The second kappa shape index (κ2) is 7.57. The Morgan fingerprint density at radius 2 is 2.05 bits per heavy atom. The first-order valence-corrected chi connectivity index (χ1v) is 7.84. The normalized spacial score (nSPS) is 17.9. The fraction of sp³-hybridized carbons (Fsp3) is 0.588. The number of hydrogen-bond acceptors (Lipinski definition) is 3. The van der Waals surface area contributed by atoms with E-state index in [1.165, 1.54) is 11.1 Å². The van der Waals surface area contributed by atoms with Crippen LogP contribution in [0, 0.1) is 0 Å². The maximum atomic E-state index is 12.3. The maximum Gasteiger partial charge on any atom is 0.237 e. The van der Waals surface area contributed by atoms with Gasteiger partial charge in [-0.3, -0.25) is 9.69 Å². The molecule has 0 aliphatic carbocycles. The first kappa shape index (κ1) is 16.0. The molecule has 1 aliphatic heterocycles. The second-order valence-corrected chi connectivity index (χ2v) is 5.94. The van der Waals surface area contributed by atoms with E-state index in [2.05, 4.69) is 34.5 Å². The molecule has 0 fully saturated rings. The van der Waals surface area contributed by atoms with Crippen LogP contribution in [0.1, 0.15) is 37.8 Å². The van der Waals surface area contributed by atoms with Crippen LogP contribution < -0.4 is 5.32 Å². The lowest BCUT2D eigenvalue weighted by molar-refractivity contribution is -0.126. The van der Waals surface area contributed by atoms with Crippen molar-refractivity contribution in [1.82, 2.24) is 10.2 Å². The average Bonchev–Trinajstić information content (AvgIpc) is 2.51. The quantitative estimate of drug-likeness (QED) is 0.838. The molecule has 0 spiro atoms. The lowest BCUT2D eigenvalue weighted by Gasteiger charge is -2.33. The van der Waals surface area contributed by atoms with Gasteiger partial charge in [0.05, 0.1) is 6.04 Å². The van der Waals surface area contributed by atoms with Gasteiger partial charge in [0, 0.05) is 25.7 Å². The molecule has 2 rings (SSSR count). The van der Waals surface area contributed by atoms with Crippen LogP contribution in [0.4, 0.5) is 0 Å². The van der Waals surface area contributed by atoms with E-state index in [1.807, 2.05) is 13.8 Å². The number of benzene rings is 1. The Labute approximate surface area is 127 Å². The number of aliphatic hydroxyl groups is 1. The Morgan fingerprint density at radius 1 is 1.33 bits per heavy atom. The molecule has 4 heteroatoms. The molecule has 0 bridgehead atoms. The summed E-state index contributed by atoms with van der Waals surface area (Å²) < 4.78 is 0. The number of fused-ring (bicyclic) bond motifs is 1. The fourth-order valence-electron chi connectivity index (χ4n) is 2.85. The highest BCUT2D eigenvalue weighted by Crippen LogP contribution is 2.20. The molecule has 0 aromatic heterocycles. The lowest BCUT2D eigenvalue weighted by Crippen LogP contribution is -2.49. The molecule has 2 N–H and O–H groups in total. The van der Waals surface area contributed by atoms with Crippen LogP contribution in [-0.2, 0) is 17.8 Å². The van der Waals surface area contributed by atoms with E-state index in [9.17, 15) is 4.79 Å². The predicted molar refractivity (Wildman–Crippen MR) is 83.9 cm³/mol. The standard InChI is InChI=1S/C17H26N2O2/c1-13(6-5-11-20)18-17(21)14(2)19-10-9-15-7-3-4-8-16(15)12-19/h3-4,7-8,13-14,20H,5-6,9-12H2,1-2H3,(H,18,21). The van der Waals surface area contributed by atoms with E-state index in [-0.39, 0.29) is 24.6 Å². The minimum Gasteiger partial charge on any atom is -0.396 e. The SMILES string of the molecule is CC(CCCO)NC(=O)C(C)N1CCc2ccccc2C1. The van der Waals surface area contributed by atoms with Crippen molar-refractivity contribution < 1.29 is 9.90 Å². The zero-order valence-electron chi connectivity index (χ0n) is 13.0. The van der Waals surface area contributed by atoms with Crippen LogP contribution >= 0.6 is 0 Å². The highest BCUT2D eigenvalue weighted by molar-refractivity contribution is 5.81. The van der Waals surface area contributed by atoms with Crippen LogP contribution in [0.5, 0.6) is 0 Å². The molecule has 1 amide bonds. The number of hydrogen-bond donors (Lipinski definition) is 2. The van der Waals surface area contributed by atoms with E-state index in [0.717, 1.165) is 32.4 Å². The Kier molecular flexibility index (Phi) is 5.76. The third-order valence-electron chi connectivity index (χ3n) is 4.27. The third-order valence-corrected chi connectivity index (χ3v) is 4.27. The summed E-state index contributed by atoms with van der Waals surface area (Å²) in [5.41, 5.74) is 2.73. The molecule has 0 saturated heterocycles. The first-order chi connectivity index (χ1) is 10.1. The summed E-state index contributed by atoms with van der Waals surface area (Å²) >= 11 is 0. The number of rotatable bonds is 6. The Balaban J connectivity index is 1.89. The highest BCUT2D eigenvalue weighted by Gasteiger charge is 2.25. The molecular weight excluding hydrogens is 264 g/mol. The van der Waals surface area contributed by atoms with Gasteiger partial charge in [-0.05, 0) is 44.2 Å². The minimum atomic E-state index is -0.116. The zero-order valence-corrected chi connectivity index (χ0v) is 13.0. The summed E-state index contributed by atoms with van der Waals surface area (Å²) in [6.07, 6.45) is 2.55. The van der Waals surface area contributed by atoms with Crippen molar-refractivity contribution in [3.05, 3.63) is 35.4 Å². The summed E-state index contributed by atoms with van der Waals surface area (Å²) in [6, 6.07) is 8.46. The van der Waals surface area contributed by atoms with Gasteiger partial charge in [0.2, 0.25) is 5.91 Å². The first-order valence-electron chi connectivity index (χ1n) is 7.84. The maximum absolute atomic E-state index is 12.3. The minimum absolute atomic E-state index is 0.0832. The summed E-state index contributed by atoms with van der Waals surface area (Å²) in [5, 5.41) is 11.9. The topological polar surface area (TPSA) is 52.6 Å². The molecule has 1 aromatic carbocycles. The van der Waals surface area contributed by atoms with Gasteiger partial charge in [-0.2, -0.15) is 0 Å². The second-order valence-electron chi connectivity index (χ2n) is 5.94. The van der Waals surface area contributed by atoms with Crippen molar-refractivity contribution in [3.8, 4) is 0 Å². The molecule has 21 heavy (non-hydrogen) atoms. The van der Waals surface area contributed by atoms with Crippen molar-refractivity contribution in [2.24, 2.45) is 0 Å². The van der Waals surface area contributed by atoms with Crippen LogP contribution in [0.15, 0.2) is 24.3 Å². The van der Waals surface area contributed by atoms with Crippen molar-refractivity contribution in [2.75, 3.05) is 13.2 Å². The average molecular weight is 290 g/mol. The molecule has 0 radical (unpaired) electrons. The smallest absolute Gasteiger partial charge is 0.237 e. The van der Waals surface area contributed by atoms with E-state index in [1.54, 1.807) is 0 Å². The summed E-state index contributed by atoms with van der Waals surface area (Å²) in [6.45, 7) is 5.92. The van der Waals surface area contributed by atoms with Gasteiger partial charge in [0.15, 0.2) is 0 Å². The van der Waals surface area contributed by atoms with Gasteiger partial charge in [0.25, 0.3) is 0 Å². The van der Waals surface area contributed by atoms with Gasteiger partial charge < -0.3 is 10.4 Å². The van der Waals surface area contributed by atoms with Crippen molar-refractivity contribution >= 4 is 5.91 Å². The Morgan fingerprint density at radius 3 is 2.76 bits per heavy atom. The van der Waals surface area contributed by atoms with Gasteiger partial charge in [-0.15, -0.1) is 0 Å². The summed E-state index contributed by atoms with van der Waals surface area (Å²) in [4.78, 5) is 14.5. The van der Waals surface area contributed by atoms with E-state index >= 15 is 0 Å². The third kappa shape index (κ3) is 4.29. The molecule has 2 atom stereocenters. The lowest BCUT2D eigenvalue weighted by atomic mass is 9.98. The van der Waals surface area contributed by atoms with Crippen LogP contribution in [0.25, 0.3) is 0 Å². The van der Waals surface area contributed by atoms with Crippen molar-refractivity contribution in [2.45, 2.75) is 51.7 Å². The van der Waals surface area contributed by atoms with Gasteiger partial charge in [-0.1, -0.05) is 24.3 Å². The van der Waals surface area contributed by atoms with Crippen LogP contribution in [-0.4, -0.2) is 41.1 Å². The van der Waals surface area contributed by atoms with Gasteiger partial charge >= 0.3 is 0 Å². The van der Waals surface area contributed by atoms with Gasteiger partial charge in [0.1, 0.15) is 0 Å². The summed E-state index contributed by atoms with van der Waals surface area (Å²) in [5.74, 6) is 0.0832. The Hall–Kier alpha value is -1.39. The summed E-state index contributed by atoms with van der Waals surface area (Å²) in [7, 11) is 0. The van der Waals surface area contributed by atoms with E-state index < -0.39 is 0 Å². The molecule has 4 nitrogen and oxygen atoms in total. The molecule has 0 saturated carbocycles. The molecule has 2 unspecified atom stereocenters. The number of nitrogens with one attached hydrogen (secondary N) is 1. The molecule has 116 valence electrons. The van der Waals surface area contributed by atoms with Crippen molar-refractivity contribution in [1.29, 1.82) is 0 Å². The molecular formula is C17H26N2O2. The number of nitrogens with zero attached hydrogens (tertiary/aromatic N) is 1. The Bertz CT molecular complexity index is 476. The van der Waals surface area contributed by atoms with E-state index in [0.29, 0.717) is 0 Å². The monoisotopic (exact) mass is 290 g/mol. The number of amides is 1. The predicted octanol–water partition coefficient (Wildman–Crippen LogP) is 1.71. The highest BCUT2D eigenvalue weighted by atomic mass is 16.3. The van der Waals surface area contributed by atoms with Crippen LogP contribution in [0.2, 0.25) is 0 Å². The van der Waals surface area contributed by atoms with Crippen molar-refractivity contribution in [3.63, 3.8) is 0 Å². The molecule has 1 heterocycles. The molecule has 1 aliphatic rings. The zero-order chi connectivity index (χ0) is 15.2. The van der Waals surface area contributed by atoms with E-state index in [4.69, 9.17) is 5.11 Å². The number of aliphatic hydroxyl groups excluding tert-OH is 1. The van der Waals surface area contributed by atoms with Crippen LogP contribution in [0.3, 0.4) is 0 Å². The molecule has 1 aromatic rings. The number of carbonyl (C=O) groups is 1. The number of carbonyl (C=O) groups excluding carboxylic acids is 1.